The molecule has 0 heterocycles. The maximum atomic E-state index is 11.1. The highest BCUT2D eigenvalue weighted by molar-refractivity contribution is 7.86. The van der Waals surface area contributed by atoms with E-state index in [0.717, 1.165) is 18.2 Å². The third-order valence-corrected chi connectivity index (χ3v) is 3.96. The fourth-order valence-corrected chi connectivity index (χ4v) is 2.85. The quantitative estimate of drug-likeness (QED) is 0.813. The minimum Gasteiger partial charge on any atom is -0.282 e. The Balaban J connectivity index is 3.88. The standard InChI is InChI=1S/C10H10O6S2/c1-3-7-5-8(4-2)10(18(14,15)16)6-9(7)17(11,12)13/h3-6H,1-2H2,(H,11,12,13)(H,14,15,16). The van der Waals surface area contributed by atoms with E-state index in [0.29, 0.717) is 6.07 Å². The lowest BCUT2D eigenvalue weighted by Crippen LogP contribution is -2.07. The molecular weight excluding hydrogens is 280 g/mol. The molecule has 1 aromatic rings. The maximum Gasteiger partial charge on any atom is 0.295 e. The van der Waals surface area contributed by atoms with Gasteiger partial charge in [0, 0.05) is 0 Å². The lowest BCUT2D eigenvalue weighted by atomic mass is 10.1. The van der Waals surface area contributed by atoms with Crippen molar-refractivity contribution in [2.75, 3.05) is 0 Å². The average molecular weight is 290 g/mol. The second-order valence-corrected chi connectivity index (χ2v) is 6.07. The number of benzene rings is 1. The van der Waals surface area contributed by atoms with Crippen molar-refractivity contribution in [2.45, 2.75) is 9.79 Å². The van der Waals surface area contributed by atoms with E-state index in [4.69, 9.17) is 9.11 Å². The summed E-state index contributed by atoms with van der Waals surface area (Å²) in [5, 5.41) is 0. The summed E-state index contributed by atoms with van der Waals surface area (Å²) in [6.45, 7) is 6.70. The number of rotatable bonds is 4. The molecule has 0 fully saturated rings. The highest BCUT2D eigenvalue weighted by Gasteiger charge is 2.22. The summed E-state index contributed by atoms with van der Waals surface area (Å²) in [6, 6.07) is 1.78. The van der Waals surface area contributed by atoms with Gasteiger partial charge in [0.25, 0.3) is 20.2 Å². The Morgan fingerprint density at radius 3 is 1.39 bits per heavy atom. The fraction of sp³-hybridized carbons (Fsp3) is 0. The molecule has 0 aliphatic heterocycles. The van der Waals surface area contributed by atoms with E-state index < -0.39 is 30.0 Å². The van der Waals surface area contributed by atoms with Crippen LogP contribution in [-0.4, -0.2) is 25.9 Å². The zero-order valence-corrected chi connectivity index (χ0v) is 10.7. The van der Waals surface area contributed by atoms with Crippen LogP contribution in [0.4, 0.5) is 0 Å². The van der Waals surface area contributed by atoms with Gasteiger partial charge in [-0.2, -0.15) is 16.8 Å². The molecule has 0 unspecified atom stereocenters. The topological polar surface area (TPSA) is 109 Å². The molecule has 0 radical (unpaired) electrons. The van der Waals surface area contributed by atoms with Crippen LogP contribution >= 0.6 is 0 Å². The Morgan fingerprint density at radius 2 is 1.17 bits per heavy atom. The van der Waals surface area contributed by atoms with Gasteiger partial charge in [-0.3, -0.25) is 9.11 Å². The van der Waals surface area contributed by atoms with Gasteiger partial charge in [-0.25, -0.2) is 0 Å². The molecule has 0 bridgehead atoms. The summed E-state index contributed by atoms with van der Waals surface area (Å²) in [5.74, 6) is 0. The van der Waals surface area contributed by atoms with Crippen molar-refractivity contribution < 1.29 is 25.9 Å². The van der Waals surface area contributed by atoms with Crippen molar-refractivity contribution in [3.63, 3.8) is 0 Å². The van der Waals surface area contributed by atoms with Crippen LogP contribution in [-0.2, 0) is 20.2 Å². The van der Waals surface area contributed by atoms with Crippen molar-refractivity contribution in [1.29, 1.82) is 0 Å². The summed E-state index contributed by atoms with van der Waals surface area (Å²) < 4.78 is 62.3. The molecule has 0 aromatic heterocycles. The van der Waals surface area contributed by atoms with Crippen LogP contribution in [0.5, 0.6) is 0 Å². The maximum absolute atomic E-state index is 11.1. The van der Waals surface area contributed by atoms with Gasteiger partial charge in [0.05, 0.1) is 0 Å². The van der Waals surface area contributed by atoms with E-state index in [1.165, 1.54) is 0 Å². The van der Waals surface area contributed by atoms with Crippen LogP contribution in [0.25, 0.3) is 12.2 Å². The second-order valence-electron chi connectivity index (χ2n) is 3.29. The van der Waals surface area contributed by atoms with Crippen LogP contribution in [0.2, 0.25) is 0 Å². The van der Waals surface area contributed by atoms with E-state index in [1.54, 1.807) is 0 Å². The van der Waals surface area contributed by atoms with Crippen molar-refractivity contribution >= 4 is 32.4 Å². The summed E-state index contributed by atoms with van der Waals surface area (Å²) >= 11 is 0. The molecule has 0 aliphatic rings. The van der Waals surface area contributed by atoms with Crippen LogP contribution in [0, 0.1) is 0 Å². The number of hydrogen-bond donors (Lipinski definition) is 2. The molecule has 8 heteroatoms. The van der Waals surface area contributed by atoms with Crippen LogP contribution in [0.3, 0.4) is 0 Å². The average Bonchev–Trinajstić information content (AvgIpc) is 2.24. The SMILES string of the molecule is C=Cc1cc(C=C)c(S(=O)(=O)O)cc1S(=O)(=O)O. The monoisotopic (exact) mass is 290 g/mol. The van der Waals surface area contributed by atoms with Gasteiger partial charge < -0.3 is 0 Å². The lowest BCUT2D eigenvalue weighted by molar-refractivity contribution is 0.481. The van der Waals surface area contributed by atoms with Crippen molar-refractivity contribution in [1.82, 2.24) is 0 Å². The first-order valence-corrected chi connectivity index (χ1v) is 7.37. The zero-order chi connectivity index (χ0) is 14.1. The molecule has 0 atom stereocenters. The first-order valence-electron chi connectivity index (χ1n) is 4.49. The fourth-order valence-electron chi connectivity index (χ4n) is 1.36. The Kier molecular flexibility index (Phi) is 3.77. The molecular formula is C10H10O6S2. The van der Waals surface area contributed by atoms with Gasteiger partial charge in [-0.1, -0.05) is 25.3 Å². The number of hydrogen-bond acceptors (Lipinski definition) is 4. The van der Waals surface area contributed by atoms with Crippen LogP contribution < -0.4 is 0 Å². The van der Waals surface area contributed by atoms with E-state index in [-0.39, 0.29) is 11.1 Å². The molecule has 0 amide bonds. The van der Waals surface area contributed by atoms with Crippen LogP contribution in [0.1, 0.15) is 11.1 Å². The van der Waals surface area contributed by atoms with Crippen molar-refractivity contribution in [3.8, 4) is 0 Å². The third-order valence-electron chi connectivity index (χ3n) is 2.14. The Hall–Kier alpha value is -1.48. The molecule has 1 aromatic carbocycles. The minimum absolute atomic E-state index is 0.000185. The van der Waals surface area contributed by atoms with Crippen LogP contribution in [0.15, 0.2) is 35.1 Å². The minimum atomic E-state index is -4.63. The van der Waals surface area contributed by atoms with Gasteiger partial charge in [0.1, 0.15) is 9.79 Å². The normalized spacial score (nSPS) is 12.1. The molecule has 2 N–H and O–H groups in total. The smallest absolute Gasteiger partial charge is 0.282 e. The van der Waals surface area contributed by atoms with E-state index in [2.05, 4.69) is 13.2 Å². The molecule has 0 aliphatic carbocycles. The molecule has 0 spiro atoms. The highest BCUT2D eigenvalue weighted by atomic mass is 32.2. The first kappa shape index (κ1) is 14.6. The third kappa shape index (κ3) is 2.85. The summed E-state index contributed by atoms with van der Waals surface area (Å²) in [7, 11) is -9.27. The van der Waals surface area contributed by atoms with Gasteiger partial charge >= 0.3 is 0 Å². The predicted molar refractivity (Wildman–Crippen MR) is 66.3 cm³/mol. The van der Waals surface area contributed by atoms with Crippen molar-refractivity contribution in [2.24, 2.45) is 0 Å². The summed E-state index contributed by atoms with van der Waals surface area (Å²) in [5.41, 5.74) is -0.000370. The molecule has 98 valence electrons. The molecule has 0 saturated carbocycles. The van der Waals surface area contributed by atoms with E-state index >= 15 is 0 Å². The van der Waals surface area contributed by atoms with Gasteiger partial charge in [0.15, 0.2) is 0 Å². The summed E-state index contributed by atoms with van der Waals surface area (Å²) in [4.78, 5) is -1.31. The van der Waals surface area contributed by atoms with Gasteiger partial charge in [-0.15, -0.1) is 0 Å². The molecule has 0 saturated heterocycles. The van der Waals surface area contributed by atoms with E-state index in [9.17, 15) is 16.8 Å². The van der Waals surface area contributed by atoms with Crippen molar-refractivity contribution in [3.05, 3.63) is 36.4 Å². The Labute approximate surface area is 105 Å². The molecule has 6 nitrogen and oxygen atoms in total. The Bertz CT molecular complexity index is 654. The lowest BCUT2D eigenvalue weighted by Gasteiger charge is -2.08. The Morgan fingerprint density at radius 1 is 0.833 bits per heavy atom. The second kappa shape index (κ2) is 4.65. The molecule has 18 heavy (non-hydrogen) atoms. The largest absolute Gasteiger partial charge is 0.295 e. The first-order chi connectivity index (χ1) is 8.11. The van der Waals surface area contributed by atoms with Gasteiger partial charge in [0.2, 0.25) is 0 Å². The molecule has 1 rings (SSSR count). The predicted octanol–water partition coefficient (Wildman–Crippen LogP) is 1.47. The zero-order valence-electron chi connectivity index (χ0n) is 9.07. The van der Waals surface area contributed by atoms with E-state index in [1.807, 2.05) is 0 Å². The summed E-state index contributed by atoms with van der Waals surface area (Å²) in [6.07, 6.45) is 2.26. The highest BCUT2D eigenvalue weighted by Crippen LogP contribution is 2.26. The van der Waals surface area contributed by atoms with Gasteiger partial charge in [-0.05, 0) is 23.3 Å².